The number of carbonyl (C=O) groups is 2. The second-order valence-corrected chi connectivity index (χ2v) is 9.72. The second-order valence-electron chi connectivity index (χ2n) is 9.72. The summed E-state index contributed by atoms with van der Waals surface area (Å²) in [6.45, 7) is 5.94. The van der Waals surface area contributed by atoms with Gasteiger partial charge in [-0.3, -0.25) is 4.79 Å². The number of aryl methyl sites for hydroxylation is 2. The summed E-state index contributed by atoms with van der Waals surface area (Å²) in [5.74, 6) is -0.346. The molecule has 0 aromatic heterocycles. The van der Waals surface area contributed by atoms with Crippen molar-refractivity contribution in [1.29, 1.82) is 0 Å². The van der Waals surface area contributed by atoms with Gasteiger partial charge in [-0.25, -0.2) is 9.18 Å². The van der Waals surface area contributed by atoms with Gasteiger partial charge >= 0.3 is 12.2 Å². The molecule has 0 bridgehead atoms. The fourth-order valence-electron chi connectivity index (χ4n) is 5.42. The molecule has 0 unspecified atom stereocenters. The molecule has 0 N–H and O–H groups in total. The van der Waals surface area contributed by atoms with E-state index in [0.29, 0.717) is 42.5 Å². The van der Waals surface area contributed by atoms with Crippen LogP contribution in [-0.2, 0) is 17.4 Å². The maximum absolute atomic E-state index is 13.9. The molecule has 36 heavy (non-hydrogen) atoms. The van der Waals surface area contributed by atoms with Crippen LogP contribution in [0.2, 0.25) is 0 Å². The lowest BCUT2D eigenvalue weighted by Gasteiger charge is -2.47. The third kappa shape index (κ3) is 4.80. The molecular formula is C27H31F4N3O2. The number of hydrogen-bond donors (Lipinski definition) is 0. The summed E-state index contributed by atoms with van der Waals surface area (Å²) in [7, 11) is 1.58. The number of urea groups is 1. The van der Waals surface area contributed by atoms with E-state index >= 15 is 0 Å². The van der Waals surface area contributed by atoms with Gasteiger partial charge in [0.05, 0.1) is 23.7 Å². The summed E-state index contributed by atoms with van der Waals surface area (Å²) in [4.78, 5) is 31.2. The van der Waals surface area contributed by atoms with Crippen molar-refractivity contribution in [2.24, 2.45) is 0 Å². The van der Waals surface area contributed by atoms with Crippen LogP contribution in [0, 0.1) is 12.7 Å². The van der Waals surface area contributed by atoms with E-state index in [2.05, 4.69) is 0 Å². The summed E-state index contributed by atoms with van der Waals surface area (Å²) in [6, 6.07) is 6.70. The minimum Gasteiger partial charge on any atom is -0.335 e. The molecular weight excluding hydrogens is 474 g/mol. The van der Waals surface area contributed by atoms with Crippen LogP contribution in [0.5, 0.6) is 0 Å². The van der Waals surface area contributed by atoms with E-state index < -0.39 is 23.8 Å². The SMILES string of the molecule is CCc1cc([C@@H](C)N(C)C(=O)N2CCN3C(=O)CC[C@H]3[C@@H]2c2ccc(F)cc2C)cc(C(F)(F)F)c1. The van der Waals surface area contributed by atoms with Gasteiger partial charge in [0.1, 0.15) is 5.82 Å². The first-order valence-corrected chi connectivity index (χ1v) is 12.2. The fourth-order valence-corrected chi connectivity index (χ4v) is 5.42. The summed E-state index contributed by atoms with van der Waals surface area (Å²) >= 11 is 0. The number of alkyl halides is 3. The molecule has 0 radical (unpaired) electrons. The van der Waals surface area contributed by atoms with Crippen molar-refractivity contribution in [3.8, 4) is 0 Å². The van der Waals surface area contributed by atoms with Crippen molar-refractivity contribution in [2.45, 2.75) is 64.3 Å². The van der Waals surface area contributed by atoms with Gasteiger partial charge in [0.15, 0.2) is 0 Å². The minimum atomic E-state index is -4.49. The monoisotopic (exact) mass is 505 g/mol. The van der Waals surface area contributed by atoms with E-state index in [-0.39, 0.29) is 30.3 Å². The van der Waals surface area contributed by atoms with E-state index in [0.717, 1.165) is 17.7 Å². The molecule has 2 aliphatic heterocycles. The van der Waals surface area contributed by atoms with Gasteiger partial charge in [0, 0.05) is 26.6 Å². The lowest BCUT2D eigenvalue weighted by Crippen LogP contribution is -2.57. The molecule has 2 aromatic carbocycles. The number of hydrogen-bond acceptors (Lipinski definition) is 2. The number of nitrogens with zero attached hydrogens (tertiary/aromatic N) is 3. The Balaban J connectivity index is 1.68. The molecule has 2 saturated heterocycles. The largest absolute Gasteiger partial charge is 0.416 e. The van der Waals surface area contributed by atoms with Crippen LogP contribution in [0.15, 0.2) is 36.4 Å². The first-order chi connectivity index (χ1) is 16.9. The van der Waals surface area contributed by atoms with E-state index in [1.807, 2.05) is 0 Å². The van der Waals surface area contributed by atoms with Gasteiger partial charge in [0.25, 0.3) is 0 Å². The lowest BCUT2D eigenvalue weighted by molar-refractivity contribution is -0.137. The molecule has 9 heteroatoms. The molecule has 0 aliphatic carbocycles. The number of benzene rings is 2. The molecule has 5 nitrogen and oxygen atoms in total. The maximum atomic E-state index is 13.9. The van der Waals surface area contributed by atoms with Crippen LogP contribution in [0.3, 0.4) is 0 Å². The van der Waals surface area contributed by atoms with E-state index in [1.54, 1.807) is 49.8 Å². The van der Waals surface area contributed by atoms with Crippen molar-refractivity contribution < 1.29 is 27.2 Å². The first kappa shape index (κ1) is 26.0. The van der Waals surface area contributed by atoms with Crippen molar-refractivity contribution in [3.05, 3.63) is 70.0 Å². The van der Waals surface area contributed by atoms with Crippen molar-refractivity contribution in [3.63, 3.8) is 0 Å². The van der Waals surface area contributed by atoms with E-state index in [9.17, 15) is 27.2 Å². The molecule has 2 heterocycles. The standard InChI is InChI=1S/C27H31F4N3O2/c1-5-18-13-19(15-20(14-18)27(29,30)31)17(3)32(4)26(36)34-11-10-33-23(8-9-24(33)35)25(34)22-7-6-21(28)12-16(22)2/h6-7,12-15,17,23,25H,5,8-11H2,1-4H3/t17-,23+,25+/m1/s1. The third-order valence-electron chi connectivity index (χ3n) is 7.57. The Morgan fingerprint density at radius 2 is 1.89 bits per heavy atom. The highest BCUT2D eigenvalue weighted by molar-refractivity contribution is 5.81. The summed E-state index contributed by atoms with van der Waals surface area (Å²) in [5.41, 5.74) is 1.66. The average Bonchev–Trinajstić information content (AvgIpc) is 3.22. The summed E-state index contributed by atoms with van der Waals surface area (Å²) in [5, 5.41) is 0. The summed E-state index contributed by atoms with van der Waals surface area (Å²) < 4.78 is 54.4. The smallest absolute Gasteiger partial charge is 0.335 e. The Morgan fingerprint density at radius 3 is 2.53 bits per heavy atom. The van der Waals surface area contributed by atoms with Gasteiger partial charge in [0.2, 0.25) is 5.91 Å². The molecule has 2 fully saturated rings. The molecule has 3 atom stereocenters. The lowest BCUT2D eigenvalue weighted by atomic mass is 9.90. The fraction of sp³-hybridized carbons (Fsp3) is 0.481. The van der Waals surface area contributed by atoms with Gasteiger partial charge in [-0.15, -0.1) is 0 Å². The normalized spacial score (nSPS) is 20.9. The number of rotatable bonds is 4. The zero-order valence-corrected chi connectivity index (χ0v) is 20.9. The van der Waals surface area contributed by atoms with E-state index in [1.165, 1.54) is 17.0 Å². The molecule has 3 amide bonds. The molecule has 0 saturated carbocycles. The third-order valence-corrected chi connectivity index (χ3v) is 7.57. The maximum Gasteiger partial charge on any atom is 0.416 e. The Morgan fingerprint density at radius 1 is 1.17 bits per heavy atom. The molecule has 194 valence electrons. The molecule has 2 aromatic rings. The highest BCUT2D eigenvalue weighted by Crippen LogP contribution is 2.40. The number of carbonyl (C=O) groups excluding carboxylic acids is 2. The highest BCUT2D eigenvalue weighted by atomic mass is 19.4. The highest BCUT2D eigenvalue weighted by Gasteiger charge is 2.46. The Hall–Kier alpha value is -3.10. The minimum absolute atomic E-state index is 0.0367. The molecule has 0 spiro atoms. The summed E-state index contributed by atoms with van der Waals surface area (Å²) in [6.07, 6.45) is -3.08. The average molecular weight is 506 g/mol. The van der Waals surface area contributed by atoms with Crippen LogP contribution >= 0.6 is 0 Å². The number of piperazine rings is 1. The predicted octanol–water partition coefficient (Wildman–Crippen LogP) is 5.88. The number of amides is 3. The van der Waals surface area contributed by atoms with Crippen LogP contribution in [0.1, 0.15) is 66.6 Å². The van der Waals surface area contributed by atoms with Crippen molar-refractivity contribution in [2.75, 3.05) is 20.1 Å². The molecule has 4 rings (SSSR count). The van der Waals surface area contributed by atoms with Crippen molar-refractivity contribution >= 4 is 11.9 Å². The van der Waals surface area contributed by atoms with Gasteiger partial charge < -0.3 is 14.7 Å². The van der Waals surface area contributed by atoms with Gasteiger partial charge in [-0.2, -0.15) is 13.2 Å². The van der Waals surface area contributed by atoms with Crippen LogP contribution < -0.4 is 0 Å². The molecule has 2 aliphatic rings. The Kier molecular flexibility index (Phi) is 7.03. The van der Waals surface area contributed by atoms with Gasteiger partial charge in [-0.1, -0.05) is 19.1 Å². The van der Waals surface area contributed by atoms with Crippen molar-refractivity contribution in [1.82, 2.24) is 14.7 Å². The van der Waals surface area contributed by atoms with Crippen LogP contribution in [0.25, 0.3) is 0 Å². The van der Waals surface area contributed by atoms with Crippen LogP contribution in [0.4, 0.5) is 22.4 Å². The topological polar surface area (TPSA) is 43.9 Å². The Labute approximate surface area is 208 Å². The van der Waals surface area contributed by atoms with Gasteiger partial charge in [-0.05, 0) is 73.2 Å². The van der Waals surface area contributed by atoms with E-state index in [4.69, 9.17) is 0 Å². The second kappa shape index (κ2) is 9.75. The first-order valence-electron chi connectivity index (χ1n) is 12.2. The zero-order valence-electron chi connectivity index (χ0n) is 20.9. The van der Waals surface area contributed by atoms with Crippen LogP contribution in [-0.4, -0.2) is 52.8 Å². The Bertz CT molecular complexity index is 1170. The quantitative estimate of drug-likeness (QED) is 0.488. The predicted molar refractivity (Wildman–Crippen MR) is 128 cm³/mol. The number of halogens is 4. The zero-order chi connectivity index (χ0) is 26.4. The number of fused-ring (bicyclic) bond motifs is 1.